The quantitative estimate of drug-likeness (QED) is 0.876. The smallest absolute Gasteiger partial charge is 0.267 e. The number of hydrogen-bond acceptors (Lipinski definition) is 4. The van der Waals surface area contributed by atoms with Gasteiger partial charge in [-0.2, -0.15) is 0 Å². The molecule has 0 bridgehead atoms. The zero-order chi connectivity index (χ0) is 19.8. The summed E-state index contributed by atoms with van der Waals surface area (Å²) in [5, 5.41) is 2.74. The number of aryl methyl sites for hydroxylation is 3. The molecular formula is C20H22N2O4S. The van der Waals surface area contributed by atoms with Gasteiger partial charge in [-0.25, -0.2) is 12.7 Å². The molecule has 0 aromatic heterocycles. The van der Waals surface area contributed by atoms with Crippen LogP contribution in [0.3, 0.4) is 0 Å². The van der Waals surface area contributed by atoms with Crippen LogP contribution in [0.25, 0.3) is 0 Å². The molecule has 0 unspecified atom stereocenters. The second-order valence-electron chi connectivity index (χ2n) is 6.85. The average molecular weight is 386 g/mol. The summed E-state index contributed by atoms with van der Waals surface area (Å²) in [5.41, 5.74) is 3.59. The Balaban J connectivity index is 1.88. The van der Waals surface area contributed by atoms with Gasteiger partial charge in [0.15, 0.2) is 0 Å². The highest BCUT2D eigenvalue weighted by atomic mass is 32.2. The number of nitrogens with zero attached hydrogens (tertiary/aromatic N) is 1. The van der Waals surface area contributed by atoms with E-state index in [-0.39, 0.29) is 17.7 Å². The van der Waals surface area contributed by atoms with Crippen molar-refractivity contribution in [2.24, 2.45) is 0 Å². The first kappa shape index (κ1) is 19.1. The summed E-state index contributed by atoms with van der Waals surface area (Å²) in [6.45, 7) is 5.74. The van der Waals surface area contributed by atoms with Crippen molar-refractivity contribution in [2.45, 2.75) is 44.6 Å². The predicted octanol–water partition coefficient (Wildman–Crippen LogP) is 2.93. The van der Waals surface area contributed by atoms with Crippen molar-refractivity contribution in [1.29, 1.82) is 0 Å². The third-order valence-electron chi connectivity index (χ3n) is 4.82. The highest BCUT2D eigenvalue weighted by molar-refractivity contribution is 7.89. The summed E-state index contributed by atoms with van der Waals surface area (Å²) < 4.78 is 26.6. The van der Waals surface area contributed by atoms with Gasteiger partial charge in [0, 0.05) is 12.1 Å². The molecule has 0 spiro atoms. The molecular weight excluding hydrogens is 364 g/mol. The second-order valence-corrected chi connectivity index (χ2v) is 8.67. The van der Waals surface area contributed by atoms with Crippen LogP contribution < -0.4 is 5.32 Å². The molecule has 0 aliphatic carbocycles. The fourth-order valence-corrected chi connectivity index (χ4v) is 4.67. The highest BCUT2D eigenvalue weighted by Crippen LogP contribution is 2.28. The number of carbonyl (C=O) groups is 2. The molecule has 7 heteroatoms. The maximum absolute atomic E-state index is 12.9. The van der Waals surface area contributed by atoms with Crippen LogP contribution in [0.1, 0.15) is 29.5 Å². The first-order valence-electron chi connectivity index (χ1n) is 8.72. The van der Waals surface area contributed by atoms with Crippen molar-refractivity contribution >= 4 is 27.5 Å². The lowest BCUT2D eigenvalue weighted by Crippen LogP contribution is -2.45. The van der Waals surface area contributed by atoms with E-state index in [1.807, 2.05) is 32.9 Å². The Hall–Kier alpha value is -2.67. The first-order valence-corrected chi connectivity index (χ1v) is 10.2. The fraction of sp³-hybridized carbons (Fsp3) is 0.300. The van der Waals surface area contributed by atoms with Crippen molar-refractivity contribution in [3.63, 3.8) is 0 Å². The normalized spacial score (nSPS) is 17.2. The Kier molecular flexibility index (Phi) is 5.06. The number of amides is 2. The van der Waals surface area contributed by atoms with Crippen molar-refractivity contribution in [3.8, 4) is 0 Å². The molecule has 142 valence electrons. The van der Waals surface area contributed by atoms with Crippen LogP contribution in [0.15, 0.2) is 47.4 Å². The summed E-state index contributed by atoms with van der Waals surface area (Å²) in [7, 11) is -4.08. The van der Waals surface area contributed by atoms with E-state index in [0.717, 1.165) is 21.0 Å². The third-order valence-corrected chi connectivity index (χ3v) is 6.66. The third kappa shape index (κ3) is 3.73. The lowest BCUT2D eigenvalue weighted by atomic mass is 10.1. The molecule has 0 radical (unpaired) electrons. The van der Waals surface area contributed by atoms with E-state index in [1.54, 1.807) is 18.2 Å². The molecule has 2 aromatic carbocycles. The molecule has 3 rings (SSSR count). The van der Waals surface area contributed by atoms with Gasteiger partial charge in [-0.15, -0.1) is 0 Å². The van der Waals surface area contributed by atoms with E-state index in [0.29, 0.717) is 5.69 Å². The van der Waals surface area contributed by atoms with Crippen molar-refractivity contribution in [3.05, 3.63) is 59.2 Å². The first-order chi connectivity index (χ1) is 12.7. The molecule has 1 saturated heterocycles. The average Bonchev–Trinajstić information content (AvgIpc) is 3.01. The van der Waals surface area contributed by atoms with Gasteiger partial charge in [0.05, 0.1) is 4.90 Å². The maximum atomic E-state index is 12.9. The summed E-state index contributed by atoms with van der Waals surface area (Å²) in [5.74, 6) is -1.06. The number of sulfonamides is 1. The SMILES string of the molecule is Cc1ccc(S(=O)(=O)N2C(=O)CC[C@@H]2C(=O)Nc2ccc(C)c(C)c2)cc1. The largest absolute Gasteiger partial charge is 0.324 e. The zero-order valence-electron chi connectivity index (χ0n) is 15.5. The Morgan fingerprint density at radius 2 is 1.70 bits per heavy atom. The summed E-state index contributed by atoms with van der Waals surface area (Å²) in [4.78, 5) is 25.0. The highest BCUT2D eigenvalue weighted by Gasteiger charge is 2.44. The Morgan fingerprint density at radius 1 is 1.04 bits per heavy atom. The van der Waals surface area contributed by atoms with Gasteiger partial charge in [-0.3, -0.25) is 9.59 Å². The number of hydrogen-bond donors (Lipinski definition) is 1. The summed E-state index contributed by atoms with van der Waals surface area (Å²) in [6.07, 6.45) is 0.191. The van der Waals surface area contributed by atoms with Crippen molar-refractivity contribution < 1.29 is 18.0 Å². The summed E-state index contributed by atoms with van der Waals surface area (Å²) in [6, 6.07) is 10.6. The number of carbonyl (C=O) groups excluding carboxylic acids is 2. The van der Waals surface area contributed by atoms with E-state index in [4.69, 9.17) is 0 Å². The molecule has 27 heavy (non-hydrogen) atoms. The molecule has 1 N–H and O–H groups in total. The van der Waals surface area contributed by atoms with Crippen LogP contribution >= 0.6 is 0 Å². The van der Waals surface area contributed by atoms with E-state index in [9.17, 15) is 18.0 Å². The monoisotopic (exact) mass is 386 g/mol. The van der Waals surface area contributed by atoms with E-state index in [2.05, 4.69) is 5.32 Å². The standard InChI is InChI=1S/C20H22N2O4S/c1-13-4-8-17(9-5-13)27(25,26)22-18(10-11-19(22)23)20(24)21-16-7-6-14(2)15(3)12-16/h4-9,12,18H,10-11H2,1-3H3,(H,21,24)/t18-/m1/s1. The Morgan fingerprint density at radius 3 is 2.33 bits per heavy atom. The number of benzene rings is 2. The number of nitrogens with one attached hydrogen (secondary N) is 1. The van der Waals surface area contributed by atoms with Gasteiger partial charge in [0.2, 0.25) is 11.8 Å². The molecule has 1 heterocycles. The van der Waals surface area contributed by atoms with Gasteiger partial charge in [-0.05, 0) is 62.6 Å². The van der Waals surface area contributed by atoms with Crippen LogP contribution in [-0.4, -0.2) is 30.6 Å². The van der Waals surface area contributed by atoms with E-state index in [1.165, 1.54) is 12.1 Å². The molecule has 1 aliphatic heterocycles. The fourth-order valence-electron chi connectivity index (χ4n) is 3.07. The van der Waals surface area contributed by atoms with Crippen LogP contribution in [-0.2, 0) is 19.6 Å². The van der Waals surface area contributed by atoms with Gasteiger partial charge in [0.1, 0.15) is 6.04 Å². The minimum atomic E-state index is -4.08. The molecule has 0 saturated carbocycles. The van der Waals surface area contributed by atoms with Crippen LogP contribution in [0.2, 0.25) is 0 Å². The number of rotatable bonds is 4. The lowest BCUT2D eigenvalue weighted by Gasteiger charge is -2.24. The van der Waals surface area contributed by atoms with Crippen molar-refractivity contribution in [1.82, 2.24) is 4.31 Å². The molecule has 1 aliphatic rings. The van der Waals surface area contributed by atoms with Gasteiger partial charge >= 0.3 is 0 Å². The van der Waals surface area contributed by atoms with Gasteiger partial charge in [0.25, 0.3) is 10.0 Å². The second kappa shape index (κ2) is 7.15. The van der Waals surface area contributed by atoms with Gasteiger partial charge < -0.3 is 5.32 Å². The van der Waals surface area contributed by atoms with Crippen LogP contribution in [0.5, 0.6) is 0 Å². The molecule has 1 atom stereocenters. The van der Waals surface area contributed by atoms with Gasteiger partial charge in [-0.1, -0.05) is 23.8 Å². The minimum absolute atomic E-state index is 0.00679. The number of anilines is 1. The zero-order valence-corrected chi connectivity index (χ0v) is 16.3. The molecule has 2 amide bonds. The van der Waals surface area contributed by atoms with Crippen LogP contribution in [0.4, 0.5) is 5.69 Å². The van der Waals surface area contributed by atoms with E-state index < -0.39 is 27.9 Å². The Bertz CT molecular complexity index is 997. The topological polar surface area (TPSA) is 83.6 Å². The van der Waals surface area contributed by atoms with Crippen LogP contribution in [0, 0.1) is 20.8 Å². The lowest BCUT2D eigenvalue weighted by molar-refractivity contribution is -0.128. The molecule has 6 nitrogen and oxygen atoms in total. The summed E-state index contributed by atoms with van der Waals surface area (Å²) >= 11 is 0. The van der Waals surface area contributed by atoms with E-state index >= 15 is 0 Å². The van der Waals surface area contributed by atoms with Crippen molar-refractivity contribution in [2.75, 3.05) is 5.32 Å². The molecule has 2 aromatic rings. The minimum Gasteiger partial charge on any atom is -0.324 e. The molecule has 1 fully saturated rings. The Labute approximate surface area is 159 Å². The maximum Gasteiger partial charge on any atom is 0.267 e. The predicted molar refractivity (Wildman–Crippen MR) is 103 cm³/mol.